The van der Waals surface area contributed by atoms with E-state index in [9.17, 15) is 14.7 Å². The van der Waals surface area contributed by atoms with Crippen LogP contribution >= 0.6 is 0 Å². The molecule has 0 saturated carbocycles. The first kappa shape index (κ1) is 22.7. The van der Waals surface area contributed by atoms with Crippen LogP contribution < -0.4 is 16.0 Å². The molecule has 4 N–H and O–H groups in total. The molecule has 10 nitrogen and oxygen atoms in total. The van der Waals surface area contributed by atoms with Gasteiger partial charge in [0.05, 0.1) is 42.3 Å². The lowest BCUT2D eigenvalue weighted by Gasteiger charge is -2.33. The first-order chi connectivity index (χ1) is 15.9. The second kappa shape index (κ2) is 9.16. The summed E-state index contributed by atoms with van der Waals surface area (Å²) in [5, 5.41) is 12.7. The number of carbonyl (C=O) groups is 2. The van der Waals surface area contributed by atoms with Crippen LogP contribution in [0.15, 0.2) is 36.8 Å². The van der Waals surface area contributed by atoms with Gasteiger partial charge < -0.3 is 30.7 Å². The van der Waals surface area contributed by atoms with Gasteiger partial charge >= 0.3 is 0 Å². The zero-order valence-corrected chi connectivity index (χ0v) is 18.7. The number of nitrogens with zero attached hydrogens (tertiary/aromatic N) is 4. The van der Waals surface area contributed by atoms with E-state index in [2.05, 4.69) is 20.2 Å². The molecule has 2 amide bonds. The monoisotopic (exact) mass is 452 g/mol. The fraction of sp³-hybridized carbons (Fsp3) is 0.391. The summed E-state index contributed by atoms with van der Waals surface area (Å²) in [6, 6.07) is 5.30. The standard InChI is InChI=1S/C23H28N6O4/c1-23(2,14-30)29-13-15-10-18(27-21(31)17(12-24)20-25-4-3-5-26-20)19(11-16(15)22(29)32)28-6-8-33-9-7-28/h3-5,10-12,30H,6-9,13-14,24H2,1-2H3,(H,27,31). The number of benzene rings is 1. The van der Waals surface area contributed by atoms with Crippen molar-refractivity contribution in [2.75, 3.05) is 43.1 Å². The summed E-state index contributed by atoms with van der Waals surface area (Å²) in [6.45, 7) is 6.18. The minimum absolute atomic E-state index is 0.142. The number of nitrogens with two attached hydrogens (primary N) is 1. The third-order valence-corrected chi connectivity index (χ3v) is 5.96. The van der Waals surface area contributed by atoms with Crippen molar-refractivity contribution in [1.29, 1.82) is 0 Å². The number of carbonyl (C=O) groups excluding carboxylic acids is 2. The van der Waals surface area contributed by atoms with Gasteiger partial charge in [-0.25, -0.2) is 9.97 Å². The molecule has 0 atom stereocenters. The van der Waals surface area contributed by atoms with Gasteiger partial charge in [-0.2, -0.15) is 0 Å². The molecule has 4 rings (SSSR count). The second-order valence-electron chi connectivity index (χ2n) is 8.59. The van der Waals surface area contributed by atoms with Crippen molar-refractivity contribution >= 4 is 28.8 Å². The van der Waals surface area contributed by atoms with Gasteiger partial charge in [0.2, 0.25) is 0 Å². The number of ether oxygens (including phenoxy) is 1. The molecule has 1 fully saturated rings. The van der Waals surface area contributed by atoms with Crippen molar-refractivity contribution in [3.05, 3.63) is 53.7 Å². The van der Waals surface area contributed by atoms with Crippen LogP contribution in [-0.4, -0.2) is 70.2 Å². The Bertz CT molecular complexity index is 1080. The summed E-state index contributed by atoms with van der Waals surface area (Å²) in [6.07, 6.45) is 4.26. The highest BCUT2D eigenvalue weighted by molar-refractivity contribution is 6.25. The van der Waals surface area contributed by atoms with Crippen molar-refractivity contribution in [2.24, 2.45) is 5.73 Å². The minimum atomic E-state index is -0.710. The molecule has 1 aromatic heterocycles. The molecule has 10 heteroatoms. The number of aromatic nitrogens is 2. The Kier molecular flexibility index (Phi) is 6.30. The van der Waals surface area contributed by atoms with Crippen molar-refractivity contribution in [2.45, 2.75) is 25.9 Å². The Hall–Kier alpha value is -3.50. The van der Waals surface area contributed by atoms with E-state index >= 15 is 0 Å². The van der Waals surface area contributed by atoms with Gasteiger partial charge in [0.1, 0.15) is 0 Å². The predicted octanol–water partition coefficient (Wildman–Crippen LogP) is 0.978. The minimum Gasteiger partial charge on any atom is -0.404 e. The van der Waals surface area contributed by atoms with Gasteiger partial charge in [0.15, 0.2) is 5.82 Å². The number of rotatable bonds is 6. The molecule has 2 aliphatic heterocycles. The van der Waals surface area contributed by atoms with E-state index in [1.807, 2.05) is 26.0 Å². The van der Waals surface area contributed by atoms with Gasteiger partial charge in [0.25, 0.3) is 11.8 Å². The van der Waals surface area contributed by atoms with E-state index in [4.69, 9.17) is 10.5 Å². The van der Waals surface area contributed by atoms with Crippen LogP contribution in [0.2, 0.25) is 0 Å². The van der Waals surface area contributed by atoms with E-state index in [0.29, 0.717) is 44.1 Å². The Morgan fingerprint density at radius 2 is 1.97 bits per heavy atom. The van der Waals surface area contributed by atoms with Crippen LogP contribution in [0, 0.1) is 0 Å². The van der Waals surface area contributed by atoms with E-state index in [1.165, 1.54) is 18.6 Å². The summed E-state index contributed by atoms with van der Waals surface area (Å²) in [7, 11) is 0. The average Bonchev–Trinajstić information content (AvgIpc) is 3.16. The Labute approximate surface area is 192 Å². The van der Waals surface area contributed by atoms with E-state index in [1.54, 1.807) is 11.0 Å². The van der Waals surface area contributed by atoms with Crippen molar-refractivity contribution in [1.82, 2.24) is 14.9 Å². The largest absolute Gasteiger partial charge is 0.404 e. The summed E-state index contributed by atoms with van der Waals surface area (Å²) < 4.78 is 5.47. The van der Waals surface area contributed by atoms with Crippen LogP contribution in [0.3, 0.4) is 0 Å². The molecule has 2 aromatic rings. The lowest BCUT2D eigenvalue weighted by molar-refractivity contribution is -0.111. The Morgan fingerprint density at radius 1 is 1.27 bits per heavy atom. The van der Waals surface area contributed by atoms with Gasteiger partial charge in [-0.3, -0.25) is 9.59 Å². The average molecular weight is 453 g/mol. The zero-order valence-electron chi connectivity index (χ0n) is 18.7. The van der Waals surface area contributed by atoms with Gasteiger partial charge in [-0.15, -0.1) is 0 Å². The molecule has 1 aromatic carbocycles. The van der Waals surface area contributed by atoms with E-state index < -0.39 is 11.4 Å². The Morgan fingerprint density at radius 3 is 2.61 bits per heavy atom. The van der Waals surface area contributed by atoms with Crippen LogP contribution in [-0.2, 0) is 16.1 Å². The number of fused-ring (bicyclic) bond motifs is 1. The molecule has 0 bridgehead atoms. The van der Waals surface area contributed by atoms with Crippen molar-refractivity contribution < 1.29 is 19.4 Å². The molecule has 0 radical (unpaired) electrons. The fourth-order valence-corrected chi connectivity index (χ4v) is 3.97. The van der Waals surface area contributed by atoms with Crippen LogP contribution in [0.1, 0.15) is 35.6 Å². The lowest BCUT2D eigenvalue weighted by atomic mass is 10.1. The normalized spacial score (nSPS) is 16.7. The Balaban J connectivity index is 1.71. The maximum atomic E-state index is 13.2. The summed E-state index contributed by atoms with van der Waals surface area (Å²) in [4.78, 5) is 38.2. The number of aliphatic hydroxyl groups is 1. The summed E-state index contributed by atoms with van der Waals surface area (Å²) >= 11 is 0. The highest BCUT2D eigenvalue weighted by Crippen LogP contribution is 2.37. The quantitative estimate of drug-likeness (QED) is 0.552. The fourth-order valence-electron chi connectivity index (χ4n) is 3.97. The number of anilines is 2. The number of amides is 2. The first-order valence-corrected chi connectivity index (χ1v) is 10.8. The maximum absolute atomic E-state index is 13.2. The smallest absolute Gasteiger partial charge is 0.261 e. The first-order valence-electron chi connectivity index (χ1n) is 10.8. The number of nitrogens with one attached hydrogen (secondary N) is 1. The van der Waals surface area contributed by atoms with Gasteiger partial charge in [-0.05, 0) is 37.6 Å². The molecule has 33 heavy (non-hydrogen) atoms. The molecule has 0 unspecified atom stereocenters. The highest BCUT2D eigenvalue weighted by Gasteiger charge is 2.38. The van der Waals surface area contributed by atoms with Crippen LogP contribution in [0.4, 0.5) is 11.4 Å². The molecule has 1 saturated heterocycles. The zero-order chi connectivity index (χ0) is 23.6. The van der Waals surface area contributed by atoms with Gasteiger partial charge in [-0.1, -0.05) is 0 Å². The number of hydrogen-bond acceptors (Lipinski definition) is 8. The highest BCUT2D eigenvalue weighted by atomic mass is 16.5. The molecule has 2 aliphatic rings. The van der Waals surface area contributed by atoms with Crippen LogP contribution in [0.5, 0.6) is 0 Å². The topological polar surface area (TPSA) is 134 Å². The van der Waals surface area contributed by atoms with E-state index in [-0.39, 0.29) is 23.9 Å². The molecular weight excluding hydrogens is 424 g/mol. The number of hydrogen-bond donors (Lipinski definition) is 3. The number of aliphatic hydroxyl groups excluding tert-OH is 1. The molecule has 0 aliphatic carbocycles. The van der Waals surface area contributed by atoms with Crippen LogP contribution in [0.25, 0.3) is 5.57 Å². The lowest BCUT2D eigenvalue weighted by Crippen LogP contribution is -2.46. The third kappa shape index (κ3) is 4.39. The maximum Gasteiger partial charge on any atom is 0.261 e. The second-order valence-corrected chi connectivity index (χ2v) is 8.59. The van der Waals surface area contributed by atoms with E-state index in [0.717, 1.165) is 11.3 Å². The molecule has 3 heterocycles. The summed E-state index contributed by atoms with van der Waals surface area (Å²) in [5.74, 6) is -0.371. The number of morpholine rings is 1. The molecule has 0 spiro atoms. The van der Waals surface area contributed by atoms with Crippen molar-refractivity contribution in [3.8, 4) is 0 Å². The van der Waals surface area contributed by atoms with Gasteiger partial charge in [0, 0.05) is 43.8 Å². The SMILES string of the molecule is CC(C)(CO)N1Cc2cc(NC(=O)C(=CN)c3ncccn3)c(N3CCOCC3)cc2C1=O. The molecule has 174 valence electrons. The summed E-state index contributed by atoms with van der Waals surface area (Å²) in [5.41, 5.74) is 7.80. The third-order valence-electron chi connectivity index (χ3n) is 5.96. The molecular formula is C23H28N6O4. The van der Waals surface area contributed by atoms with Crippen molar-refractivity contribution in [3.63, 3.8) is 0 Å². The predicted molar refractivity (Wildman–Crippen MR) is 123 cm³/mol.